The lowest BCUT2D eigenvalue weighted by atomic mass is 10.0. The summed E-state index contributed by atoms with van der Waals surface area (Å²) in [6.07, 6.45) is 0.822. The third-order valence-corrected chi connectivity index (χ3v) is 3.11. The first-order chi connectivity index (χ1) is 7.75. The van der Waals surface area contributed by atoms with Gasteiger partial charge in [-0.15, -0.1) is 0 Å². The Morgan fingerprint density at radius 2 is 2.19 bits per heavy atom. The van der Waals surface area contributed by atoms with Crippen LogP contribution in [0.15, 0.2) is 28.7 Å². The van der Waals surface area contributed by atoms with E-state index in [0.717, 1.165) is 16.6 Å². The molecule has 1 unspecified atom stereocenters. The van der Waals surface area contributed by atoms with Crippen LogP contribution in [-0.2, 0) is 9.53 Å². The van der Waals surface area contributed by atoms with E-state index in [-0.39, 0.29) is 18.3 Å². The van der Waals surface area contributed by atoms with E-state index in [4.69, 9.17) is 9.47 Å². The molecule has 0 N–H and O–H groups in total. The van der Waals surface area contributed by atoms with Crippen molar-refractivity contribution in [1.29, 1.82) is 0 Å². The van der Waals surface area contributed by atoms with Crippen LogP contribution in [0.5, 0.6) is 5.75 Å². The molecule has 1 saturated heterocycles. The summed E-state index contributed by atoms with van der Waals surface area (Å²) in [5.74, 6) is 0.867. The zero-order valence-electron chi connectivity index (χ0n) is 8.82. The van der Waals surface area contributed by atoms with Crippen molar-refractivity contribution in [3.05, 3.63) is 28.7 Å². The smallest absolute Gasteiger partial charge is 0.175 e. The van der Waals surface area contributed by atoms with E-state index in [2.05, 4.69) is 15.9 Å². The second kappa shape index (κ2) is 5.46. The highest BCUT2D eigenvalue weighted by molar-refractivity contribution is 9.10. The summed E-state index contributed by atoms with van der Waals surface area (Å²) >= 11 is 3.34. The summed E-state index contributed by atoms with van der Waals surface area (Å²) in [5, 5.41) is 0. The second-order valence-corrected chi connectivity index (χ2v) is 4.69. The molecule has 0 bridgehead atoms. The highest BCUT2D eigenvalue weighted by Crippen LogP contribution is 2.17. The predicted octanol–water partition coefficient (Wildman–Crippen LogP) is 2.43. The van der Waals surface area contributed by atoms with Crippen LogP contribution in [0.1, 0.15) is 6.42 Å². The van der Waals surface area contributed by atoms with Gasteiger partial charge in [0, 0.05) is 17.0 Å². The molecule has 0 radical (unpaired) electrons. The van der Waals surface area contributed by atoms with Crippen molar-refractivity contribution in [3.8, 4) is 5.75 Å². The minimum Gasteiger partial charge on any atom is -0.486 e. The third kappa shape index (κ3) is 3.06. The Kier molecular flexibility index (Phi) is 3.96. The molecule has 0 aromatic heterocycles. The molecule has 0 aliphatic carbocycles. The fourth-order valence-corrected chi connectivity index (χ4v) is 1.86. The van der Waals surface area contributed by atoms with Gasteiger partial charge in [-0.2, -0.15) is 0 Å². The quantitative estimate of drug-likeness (QED) is 0.852. The molecule has 0 amide bonds. The van der Waals surface area contributed by atoms with E-state index in [0.29, 0.717) is 13.2 Å². The normalized spacial score (nSPS) is 19.7. The fourth-order valence-electron chi connectivity index (χ4n) is 1.59. The molecule has 1 aromatic carbocycles. The SMILES string of the molecule is O=C(COc1ccc(Br)cc1)C1CCOC1. The van der Waals surface area contributed by atoms with Crippen LogP contribution in [0.25, 0.3) is 0 Å². The van der Waals surface area contributed by atoms with Crippen molar-refractivity contribution in [3.63, 3.8) is 0 Å². The fraction of sp³-hybridized carbons (Fsp3) is 0.417. The lowest BCUT2D eigenvalue weighted by Crippen LogP contribution is -2.21. The predicted molar refractivity (Wildman–Crippen MR) is 63.6 cm³/mol. The molecule has 3 nitrogen and oxygen atoms in total. The van der Waals surface area contributed by atoms with Gasteiger partial charge in [-0.05, 0) is 30.7 Å². The van der Waals surface area contributed by atoms with E-state index in [1.165, 1.54) is 0 Å². The zero-order chi connectivity index (χ0) is 11.4. The summed E-state index contributed by atoms with van der Waals surface area (Å²) in [5.41, 5.74) is 0. The summed E-state index contributed by atoms with van der Waals surface area (Å²) in [7, 11) is 0. The largest absolute Gasteiger partial charge is 0.486 e. The number of ketones is 1. The molecule has 1 aliphatic heterocycles. The lowest BCUT2D eigenvalue weighted by molar-refractivity contribution is -0.124. The van der Waals surface area contributed by atoms with Crippen molar-refractivity contribution < 1.29 is 14.3 Å². The molecule has 1 aliphatic rings. The maximum Gasteiger partial charge on any atom is 0.175 e. The number of benzene rings is 1. The van der Waals surface area contributed by atoms with Gasteiger partial charge < -0.3 is 9.47 Å². The number of carbonyl (C=O) groups is 1. The van der Waals surface area contributed by atoms with Gasteiger partial charge in [0.05, 0.1) is 6.61 Å². The molecule has 1 aromatic rings. The average Bonchev–Trinajstić information content (AvgIpc) is 2.81. The first-order valence-corrected chi connectivity index (χ1v) is 6.04. The number of ether oxygens (including phenoxy) is 2. The van der Waals surface area contributed by atoms with Crippen molar-refractivity contribution in [2.24, 2.45) is 5.92 Å². The first kappa shape index (κ1) is 11.6. The van der Waals surface area contributed by atoms with Gasteiger partial charge in [0.1, 0.15) is 12.4 Å². The number of hydrogen-bond donors (Lipinski definition) is 0. The van der Waals surface area contributed by atoms with Gasteiger partial charge in [0.15, 0.2) is 5.78 Å². The van der Waals surface area contributed by atoms with Crippen molar-refractivity contribution in [2.75, 3.05) is 19.8 Å². The first-order valence-electron chi connectivity index (χ1n) is 5.24. The molecule has 4 heteroatoms. The van der Waals surface area contributed by atoms with Gasteiger partial charge >= 0.3 is 0 Å². The molecule has 2 rings (SSSR count). The molecule has 1 heterocycles. The van der Waals surface area contributed by atoms with Crippen LogP contribution in [0.2, 0.25) is 0 Å². The highest BCUT2D eigenvalue weighted by atomic mass is 79.9. The summed E-state index contributed by atoms with van der Waals surface area (Å²) in [6, 6.07) is 7.45. The summed E-state index contributed by atoms with van der Waals surface area (Å²) in [4.78, 5) is 11.7. The van der Waals surface area contributed by atoms with E-state index in [9.17, 15) is 4.79 Å². The van der Waals surface area contributed by atoms with Crippen LogP contribution < -0.4 is 4.74 Å². The minimum atomic E-state index is 0.0236. The van der Waals surface area contributed by atoms with Crippen LogP contribution in [-0.4, -0.2) is 25.6 Å². The average molecular weight is 285 g/mol. The Hall–Kier alpha value is -0.870. The van der Waals surface area contributed by atoms with Crippen LogP contribution >= 0.6 is 15.9 Å². The number of Topliss-reactive ketones (excluding diaryl/α,β-unsaturated/α-hetero) is 1. The number of rotatable bonds is 4. The van der Waals surface area contributed by atoms with E-state index in [1.54, 1.807) is 0 Å². The van der Waals surface area contributed by atoms with E-state index >= 15 is 0 Å². The van der Waals surface area contributed by atoms with Crippen LogP contribution in [0.4, 0.5) is 0 Å². The molecular weight excluding hydrogens is 272 g/mol. The lowest BCUT2D eigenvalue weighted by Gasteiger charge is -2.08. The molecule has 0 saturated carbocycles. The van der Waals surface area contributed by atoms with Crippen molar-refractivity contribution in [2.45, 2.75) is 6.42 Å². The molecule has 16 heavy (non-hydrogen) atoms. The number of hydrogen-bond acceptors (Lipinski definition) is 3. The van der Waals surface area contributed by atoms with Crippen LogP contribution in [0.3, 0.4) is 0 Å². The van der Waals surface area contributed by atoms with Crippen molar-refractivity contribution >= 4 is 21.7 Å². The third-order valence-electron chi connectivity index (χ3n) is 2.58. The summed E-state index contributed by atoms with van der Waals surface area (Å²) in [6.45, 7) is 1.37. The van der Waals surface area contributed by atoms with Crippen LogP contribution in [0, 0.1) is 5.92 Å². The van der Waals surface area contributed by atoms with Gasteiger partial charge in [-0.3, -0.25) is 4.79 Å². The van der Waals surface area contributed by atoms with Gasteiger partial charge in [-0.25, -0.2) is 0 Å². The Balaban J connectivity index is 1.82. The zero-order valence-corrected chi connectivity index (χ0v) is 10.4. The Morgan fingerprint density at radius 3 is 2.81 bits per heavy atom. The monoisotopic (exact) mass is 284 g/mol. The molecule has 86 valence electrons. The minimum absolute atomic E-state index is 0.0236. The standard InChI is InChI=1S/C12H13BrO3/c13-10-1-3-11(4-2-10)16-8-12(14)9-5-6-15-7-9/h1-4,9H,5-8H2. The Bertz CT molecular complexity index is 355. The molecule has 1 atom stereocenters. The van der Waals surface area contributed by atoms with E-state index < -0.39 is 0 Å². The van der Waals surface area contributed by atoms with Gasteiger partial charge in [0.25, 0.3) is 0 Å². The van der Waals surface area contributed by atoms with Gasteiger partial charge in [0.2, 0.25) is 0 Å². The Morgan fingerprint density at radius 1 is 1.44 bits per heavy atom. The number of carbonyl (C=O) groups excluding carboxylic acids is 1. The highest BCUT2D eigenvalue weighted by Gasteiger charge is 2.23. The second-order valence-electron chi connectivity index (χ2n) is 3.77. The van der Waals surface area contributed by atoms with E-state index in [1.807, 2.05) is 24.3 Å². The Labute approximate surface area is 103 Å². The van der Waals surface area contributed by atoms with Gasteiger partial charge in [-0.1, -0.05) is 15.9 Å². The maximum atomic E-state index is 11.7. The van der Waals surface area contributed by atoms with Crippen molar-refractivity contribution in [1.82, 2.24) is 0 Å². The molecular formula is C12H13BrO3. The number of halogens is 1. The topological polar surface area (TPSA) is 35.5 Å². The maximum absolute atomic E-state index is 11.7. The molecule has 1 fully saturated rings. The summed E-state index contributed by atoms with van der Waals surface area (Å²) < 4.78 is 11.6. The molecule has 0 spiro atoms.